The number of hydrogen-bond donors (Lipinski definition) is 1. The number of nitrogens with zero attached hydrogens (tertiary/aromatic N) is 3. The molecule has 35 heavy (non-hydrogen) atoms. The molecular formula is C25H36N4O5S. The molecule has 192 valence electrons. The van der Waals surface area contributed by atoms with Gasteiger partial charge in [-0.1, -0.05) is 37.3 Å². The van der Waals surface area contributed by atoms with Gasteiger partial charge in [0.25, 0.3) is 0 Å². The fourth-order valence-corrected chi connectivity index (χ4v) is 4.38. The van der Waals surface area contributed by atoms with Crippen molar-refractivity contribution in [1.29, 1.82) is 0 Å². The molecule has 1 N–H and O–H groups in total. The number of nitrogens with one attached hydrogen (secondary N) is 1. The zero-order chi connectivity index (χ0) is 26.2. The quantitative estimate of drug-likeness (QED) is 0.479. The van der Waals surface area contributed by atoms with Gasteiger partial charge in [0.05, 0.1) is 12.8 Å². The van der Waals surface area contributed by atoms with Gasteiger partial charge in [0, 0.05) is 26.7 Å². The van der Waals surface area contributed by atoms with Crippen molar-refractivity contribution in [3.05, 3.63) is 60.2 Å². The second kappa shape index (κ2) is 12.6. The highest BCUT2D eigenvalue weighted by Gasteiger charge is 2.32. The van der Waals surface area contributed by atoms with E-state index in [0.29, 0.717) is 11.4 Å². The third-order valence-electron chi connectivity index (χ3n) is 5.72. The van der Waals surface area contributed by atoms with E-state index in [4.69, 9.17) is 4.74 Å². The Morgan fingerprint density at radius 2 is 1.69 bits per heavy atom. The van der Waals surface area contributed by atoms with Gasteiger partial charge in [-0.15, -0.1) is 0 Å². The Morgan fingerprint density at radius 3 is 2.26 bits per heavy atom. The van der Waals surface area contributed by atoms with Crippen LogP contribution in [0.15, 0.2) is 54.6 Å². The predicted octanol–water partition coefficient (Wildman–Crippen LogP) is 2.64. The summed E-state index contributed by atoms with van der Waals surface area (Å²) in [5, 5.41) is 2.91. The molecule has 0 radical (unpaired) electrons. The molecule has 0 aliphatic heterocycles. The second-order valence-electron chi connectivity index (χ2n) is 8.50. The number of ether oxygens (including phenoxy) is 1. The van der Waals surface area contributed by atoms with Crippen LogP contribution in [0.25, 0.3) is 0 Å². The van der Waals surface area contributed by atoms with Crippen molar-refractivity contribution in [3.63, 3.8) is 0 Å². The number of methoxy groups -OCH3 is 1. The van der Waals surface area contributed by atoms with Crippen LogP contribution in [0.3, 0.4) is 0 Å². The number of carbonyl (C=O) groups is 2. The molecule has 9 nitrogen and oxygen atoms in total. The first-order valence-corrected chi connectivity index (χ1v) is 12.9. The zero-order valence-corrected chi connectivity index (χ0v) is 22.1. The monoisotopic (exact) mass is 504 g/mol. The highest BCUT2D eigenvalue weighted by molar-refractivity contribution is 7.90. The minimum absolute atomic E-state index is 0.0614. The van der Waals surface area contributed by atoms with E-state index in [1.54, 1.807) is 62.6 Å². The number of benzene rings is 2. The van der Waals surface area contributed by atoms with Gasteiger partial charge in [0.2, 0.25) is 11.8 Å². The second-order valence-corrected chi connectivity index (χ2v) is 10.6. The van der Waals surface area contributed by atoms with Crippen LogP contribution in [-0.4, -0.2) is 69.3 Å². The third kappa shape index (κ3) is 7.43. The van der Waals surface area contributed by atoms with Gasteiger partial charge in [0.1, 0.15) is 18.3 Å². The van der Waals surface area contributed by atoms with Crippen molar-refractivity contribution in [3.8, 4) is 5.75 Å². The van der Waals surface area contributed by atoms with E-state index in [-0.39, 0.29) is 18.5 Å². The lowest BCUT2D eigenvalue weighted by molar-refractivity contribution is -0.139. The topological polar surface area (TPSA) is 99.3 Å². The molecule has 0 fully saturated rings. The fourth-order valence-electron chi connectivity index (χ4n) is 3.33. The molecule has 0 saturated carbocycles. The lowest BCUT2D eigenvalue weighted by atomic mass is 10.1. The van der Waals surface area contributed by atoms with Crippen LogP contribution in [-0.2, 0) is 26.3 Å². The summed E-state index contributed by atoms with van der Waals surface area (Å²) >= 11 is 0. The Labute approximate surface area is 208 Å². The Hall–Kier alpha value is -3.11. The average molecular weight is 505 g/mol. The highest BCUT2D eigenvalue weighted by Crippen LogP contribution is 2.21. The summed E-state index contributed by atoms with van der Waals surface area (Å²) in [4.78, 5) is 28.0. The first kappa shape index (κ1) is 28.1. The van der Waals surface area contributed by atoms with Gasteiger partial charge < -0.3 is 15.0 Å². The zero-order valence-electron chi connectivity index (χ0n) is 21.3. The lowest BCUT2D eigenvalue weighted by Crippen LogP contribution is -2.53. The van der Waals surface area contributed by atoms with Gasteiger partial charge in [0.15, 0.2) is 0 Å². The van der Waals surface area contributed by atoms with E-state index in [1.807, 2.05) is 19.9 Å². The molecule has 2 atom stereocenters. The van der Waals surface area contributed by atoms with E-state index in [0.717, 1.165) is 20.6 Å². The Balaban J connectivity index is 2.44. The number of rotatable bonds is 12. The molecule has 0 heterocycles. The molecule has 0 spiro atoms. The third-order valence-corrected chi connectivity index (χ3v) is 7.54. The maximum Gasteiger partial charge on any atom is 0.304 e. The SMILES string of the molecule is CCC(C)NC(=O)C(C)N(Cc1cccc(OC)c1)C(=O)CN(c1ccccc1)S(=O)(=O)N(C)C. The molecule has 0 aliphatic rings. The van der Waals surface area contributed by atoms with Gasteiger partial charge in [-0.05, 0) is 50.1 Å². The summed E-state index contributed by atoms with van der Waals surface area (Å²) in [7, 11) is 0.393. The normalized spacial score (nSPS) is 13.1. The molecule has 2 unspecified atom stereocenters. The van der Waals surface area contributed by atoms with Crippen LogP contribution in [0.1, 0.15) is 32.8 Å². The smallest absolute Gasteiger partial charge is 0.304 e. The molecular weight excluding hydrogens is 468 g/mol. The minimum Gasteiger partial charge on any atom is -0.497 e. The maximum atomic E-state index is 13.6. The van der Waals surface area contributed by atoms with E-state index >= 15 is 0 Å². The molecule has 0 aliphatic carbocycles. The van der Waals surface area contributed by atoms with E-state index in [9.17, 15) is 18.0 Å². The van der Waals surface area contributed by atoms with Crippen LogP contribution >= 0.6 is 0 Å². The fraction of sp³-hybridized carbons (Fsp3) is 0.440. The van der Waals surface area contributed by atoms with Gasteiger partial charge in [-0.25, -0.2) is 4.31 Å². The Morgan fingerprint density at radius 1 is 1.03 bits per heavy atom. The Bertz CT molecular complexity index is 1090. The lowest BCUT2D eigenvalue weighted by Gasteiger charge is -2.33. The summed E-state index contributed by atoms with van der Waals surface area (Å²) < 4.78 is 33.6. The van der Waals surface area contributed by atoms with Gasteiger partial charge in [-0.2, -0.15) is 12.7 Å². The minimum atomic E-state index is -3.97. The van der Waals surface area contributed by atoms with Crippen LogP contribution in [0.4, 0.5) is 5.69 Å². The number of anilines is 1. The molecule has 0 bridgehead atoms. The predicted molar refractivity (Wildman–Crippen MR) is 137 cm³/mol. The summed E-state index contributed by atoms with van der Waals surface area (Å²) in [6.45, 7) is 5.13. The standard InChI is InChI=1S/C25H36N4O5S/c1-7-19(2)26-25(31)20(3)28(17-21-12-11-15-23(16-21)34-6)24(30)18-29(35(32,33)27(4)5)22-13-9-8-10-14-22/h8-16,19-20H,7,17-18H2,1-6H3,(H,26,31). The van der Waals surface area contributed by atoms with Crippen molar-refractivity contribution < 1.29 is 22.7 Å². The highest BCUT2D eigenvalue weighted by atomic mass is 32.2. The van der Waals surface area contributed by atoms with Gasteiger partial charge in [-0.3, -0.25) is 9.59 Å². The molecule has 0 aromatic heterocycles. The maximum absolute atomic E-state index is 13.6. The summed E-state index contributed by atoms with van der Waals surface area (Å²) in [5.41, 5.74) is 1.11. The van der Waals surface area contributed by atoms with Crippen molar-refractivity contribution >= 4 is 27.7 Å². The first-order valence-electron chi connectivity index (χ1n) is 11.5. The van der Waals surface area contributed by atoms with E-state index < -0.39 is 28.7 Å². The van der Waals surface area contributed by atoms with Crippen molar-refractivity contribution in [2.24, 2.45) is 0 Å². The first-order chi connectivity index (χ1) is 16.5. The van der Waals surface area contributed by atoms with E-state index in [2.05, 4.69) is 5.32 Å². The number of hydrogen-bond acceptors (Lipinski definition) is 5. The van der Waals surface area contributed by atoms with E-state index in [1.165, 1.54) is 19.0 Å². The van der Waals surface area contributed by atoms with Crippen LogP contribution in [0.2, 0.25) is 0 Å². The van der Waals surface area contributed by atoms with Crippen molar-refractivity contribution in [2.75, 3.05) is 32.1 Å². The molecule has 2 rings (SSSR count). The largest absolute Gasteiger partial charge is 0.497 e. The number of amides is 2. The van der Waals surface area contributed by atoms with Crippen molar-refractivity contribution in [2.45, 2.75) is 45.8 Å². The molecule has 0 saturated heterocycles. The average Bonchev–Trinajstić information content (AvgIpc) is 2.85. The van der Waals surface area contributed by atoms with Gasteiger partial charge >= 0.3 is 10.2 Å². The van der Waals surface area contributed by atoms with Crippen LogP contribution in [0, 0.1) is 0 Å². The molecule has 2 aromatic carbocycles. The number of carbonyl (C=O) groups excluding carboxylic acids is 2. The van der Waals surface area contributed by atoms with Crippen molar-refractivity contribution in [1.82, 2.24) is 14.5 Å². The molecule has 2 aromatic rings. The summed E-state index contributed by atoms with van der Waals surface area (Å²) in [6.07, 6.45) is 0.741. The summed E-state index contributed by atoms with van der Waals surface area (Å²) in [6, 6.07) is 14.7. The molecule has 2 amide bonds. The van der Waals surface area contributed by atoms with Crippen LogP contribution in [0.5, 0.6) is 5.75 Å². The number of para-hydroxylation sites is 1. The molecule has 10 heteroatoms. The summed E-state index contributed by atoms with van der Waals surface area (Å²) in [5.74, 6) is -0.195. The Kier molecular flexibility index (Phi) is 10.1. The van der Waals surface area contributed by atoms with Crippen LogP contribution < -0.4 is 14.4 Å².